The second-order valence-electron chi connectivity index (χ2n) is 5.45. The molecule has 116 valence electrons. The van der Waals surface area contributed by atoms with Gasteiger partial charge in [0.25, 0.3) is 0 Å². The number of hydrogen-bond donors (Lipinski definition) is 2. The smallest absolute Gasteiger partial charge is 0.224 e. The van der Waals surface area contributed by atoms with Gasteiger partial charge in [-0.2, -0.15) is 11.3 Å². The molecular weight excluding hydrogens is 296 g/mol. The Kier molecular flexibility index (Phi) is 4.75. The fourth-order valence-corrected chi connectivity index (χ4v) is 3.29. The minimum Gasteiger partial charge on any atom is -0.492 e. The van der Waals surface area contributed by atoms with Crippen molar-refractivity contribution in [3.8, 4) is 5.75 Å². The lowest BCUT2D eigenvalue weighted by atomic mass is 10.0. The van der Waals surface area contributed by atoms with Crippen molar-refractivity contribution in [3.63, 3.8) is 0 Å². The number of aryl methyl sites for hydroxylation is 1. The van der Waals surface area contributed by atoms with Crippen LogP contribution in [-0.4, -0.2) is 19.1 Å². The predicted octanol–water partition coefficient (Wildman–Crippen LogP) is 3.36. The Bertz CT molecular complexity index is 640. The van der Waals surface area contributed by atoms with Crippen molar-refractivity contribution < 1.29 is 9.53 Å². The number of carbonyl (C=O) groups is 1. The number of hydrogen-bond acceptors (Lipinski definition) is 4. The first kappa shape index (κ1) is 15.1. The quantitative estimate of drug-likeness (QED) is 0.804. The molecule has 2 aromatic rings. The van der Waals surface area contributed by atoms with E-state index in [-0.39, 0.29) is 5.91 Å². The van der Waals surface area contributed by atoms with Crippen molar-refractivity contribution in [1.29, 1.82) is 0 Å². The molecule has 0 bridgehead atoms. The first-order chi connectivity index (χ1) is 10.7. The molecule has 5 heteroatoms. The lowest BCUT2D eigenvalue weighted by molar-refractivity contribution is -0.116. The zero-order chi connectivity index (χ0) is 15.4. The summed E-state index contributed by atoms with van der Waals surface area (Å²) >= 11 is 1.72. The highest BCUT2D eigenvalue weighted by Gasteiger charge is 2.15. The van der Waals surface area contributed by atoms with E-state index >= 15 is 0 Å². The summed E-state index contributed by atoms with van der Waals surface area (Å²) < 4.78 is 5.79. The van der Waals surface area contributed by atoms with E-state index in [1.807, 2.05) is 18.2 Å². The van der Waals surface area contributed by atoms with Gasteiger partial charge in [0.15, 0.2) is 0 Å². The van der Waals surface area contributed by atoms with Gasteiger partial charge in [0.05, 0.1) is 0 Å². The molecule has 1 aromatic carbocycles. The number of benzene rings is 1. The average Bonchev–Trinajstić information content (AvgIpc) is 3.06. The Hall–Kier alpha value is -1.85. The van der Waals surface area contributed by atoms with Gasteiger partial charge in [-0.15, -0.1) is 0 Å². The van der Waals surface area contributed by atoms with E-state index in [9.17, 15) is 4.79 Å². The zero-order valence-electron chi connectivity index (χ0n) is 12.6. The van der Waals surface area contributed by atoms with Crippen LogP contribution >= 0.6 is 11.3 Å². The van der Waals surface area contributed by atoms with Crippen molar-refractivity contribution in [2.24, 2.45) is 0 Å². The van der Waals surface area contributed by atoms with Crippen LogP contribution in [0, 0.1) is 0 Å². The molecule has 1 aliphatic rings. The number of carbonyl (C=O) groups excluding carboxylic acids is 1. The molecular formula is C17H20N2O2S. The minimum atomic E-state index is 0.0905. The summed E-state index contributed by atoms with van der Waals surface area (Å²) in [6.45, 7) is 3.58. The summed E-state index contributed by atoms with van der Waals surface area (Å²) in [5.41, 5.74) is 3.37. The van der Waals surface area contributed by atoms with Crippen molar-refractivity contribution in [1.82, 2.24) is 5.32 Å². The van der Waals surface area contributed by atoms with Crippen molar-refractivity contribution in [2.75, 3.05) is 18.5 Å². The number of nitrogens with one attached hydrogen (secondary N) is 2. The molecule has 4 nitrogen and oxygen atoms in total. The Balaban J connectivity index is 1.47. The van der Waals surface area contributed by atoms with Gasteiger partial charge >= 0.3 is 0 Å². The average molecular weight is 316 g/mol. The van der Waals surface area contributed by atoms with Gasteiger partial charge in [0.1, 0.15) is 12.4 Å². The molecule has 0 radical (unpaired) electrons. The van der Waals surface area contributed by atoms with E-state index in [0.717, 1.165) is 30.0 Å². The molecule has 1 atom stereocenters. The number of thiophene rings is 1. The standard InChI is InChI=1S/C17H20N2O2S/c1-12(14-6-9-22-11-14)18-7-8-21-15-3-4-16-13(10-15)2-5-17(20)19-16/h3-4,6,9-12,18H,2,5,7-8H2,1H3,(H,19,20). The van der Waals surface area contributed by atoms with E-state index in [2.05, 4.69) is 34.4 Å². The second kappa shape index (κ2) is 6.94. The van der Waals surface area contributed by atoms with Crippen LogP contribution in [0.4, 0.5) is 5.69 Å². The molecule has 0 spiro atoms. The van der Waals surface area contributed by atoms with Crippen LogP contribution < -0.4 is 15.4 Å². The fraction of sp³-hybridized carbons (Fsp3) is 0.353. The maximum Gasteiger partial charge on any atom is 0.224 e. The van der Waals surface area contributed by atoms with E-state index in [1.54, 1.807) is 11.3 Å². The topological polar surface area (TPSA) is 50.4 Å². The Morgan fingerprint density at radius 2 is 2.27 bits per heavy atom. The van der Waals surface area contributed by atoms with Crippen LogP contribution in [0.25, 0.3) is 0 Å². The summed E-state index contributed by atoms with van der Waals surface area (Å²) in [4.78, 5) is 11.3. The van der Waals surface area contributed by atoms with Gasteiger partial charge in [-0.3, -0.25) is 4.79 Å². The molecule has 22 heavy (non-hydrogen) atoms. The number of fused-ring (bicyclic) bond motifs is 1. The van der Waals surface area contributed by atoms with Gasteiger partial charge in [-0.05, 0) is 59.5 Å². The maximum absolute atomic E-state index is 11.3. The lowest BCUT2D eigenvalue weighted by Gasteiger charge is -2.18. The van der Waals surface area contributed by atoms with Crippen LogP contribution in [0.15, 0.2) is 35.0 Å². The third-order valence-electron chi connectivity index (χ3n) is 3.84. The Labute approximate surface area is 134 Å². The molecule has 1 amide bonds. The van der Waals surface area contributed by atoms with Crippen molar-refractivity contribution in [2.45, 2.75) is 25.8 Å². The molecule has 1 aromatic heterocycles. The Morgan fingerprint density at radius 3 is 3.09 bits per heavy atom. The molecule has 2 N–H and O–H groups in total. The number of anilines is 1. The molecule has 0 fully saturated rings. The van der Waals surface area contributed by atoms with Gasteiger partial charge < -0.3 is 15.4 Å². The van der Waals surface area contributed by atoms with Crippen LogP contribution in [0.2, 0.25) is 0 Å². The predicted molar refractivity (Wildman–Crippen MR) is 89.6 cm³/mol. The van der Waals surface area contributed by atoms with Crippen LogP contribution in [0.1, 0.15) is 30.5 Å². The normalized spacial score (nSPS) is 15.0. The van der Waals surface area contributed by atoms with Gasteiger partial charge in [0, 0.05) is 24.7 Å². The summed E-state index contributed by atoms with van der Waals surface area (Å²) in [5.74, 6) is 0.952. The van der Waals surface area contributed by atoms with Gasteiger partial charge in [-0.25, -0.2) is 0 Å². The molecule has 0 aliphatic carbocycles. The van der Waals surface area contributed by atoms with Crippen molar-refractivity contribution in [3.05, 3.63) is 46.2 Å². The highest BCUT2D eigenvalue weighted by atomic mass is 32.1. The third-order valence-corrected chi connectivity index (χ3v) is 4.54. The zero-order valence-corrected chi connectivity index (χ0v) is 13.4. The minimum absolute atomic E-state index is 0.0905. The molecule has 1 aliphatic heterocycles. The highest BCUT2D eigenvalue weighted by molar-refractivity contribution is 7.07. The summed E-state index contributed by atoms with van der Waals surface area (Å²) in [7, 11) is 0. The molecule has 3 rings (SSSR count). The summed E-state index contributed by atoms with van der Waals surface area (Å²) in [6.07, 6.45) is 1.34. The van der Waals surface area contributed by atoms with Crippen molar-refractivity contribution >= 4 is 22.9 Å². The van der Waals surface area contributed by atoms with E-state index in [0.29, 0.717) is 19.1 Å². The summed E-state index contributed by atoms with van der Waals surface area (Å²) in [5, 5.41) is 10.6. The first-order valence-corrected chi connectivity index (χ1v) is 8.48. The summed E-state index contributed by atoms with van der Waals surface area (Å²) in [6, 6.07) is 8.34. The van der Waals surface area contributed by atoms with Crippen LogP contribution in [0.5, 0.6) is 5.75 Å². The largest absolute Gasteiger partial charge is 0.492 e. The molecule has 0 saturated heterocycles. The van der Waals surface area contributed by atoms with Crippen LogP contribution in [0.3, 0.4) is 0 Å². The molecule has 2 heterocycles. The van der Waals surface area contributed by atoms with E-state index in [4.69, 9.17) is 4.74 Å². The van der Waals surface area contributed by atoms with Gasteiger partial charge in [0.2, 0.25) is 5.91 Å². The lowest BCUT2D eigenvalue weighted by Crippen LogP contribution is -2.24. The molecule has 1 unspecified atom stereocenters. The highest BCUT2D eigenvalue weighted by Crippen LogP contribution is 2.26. The third kappa shape index (κ3) is 3.67. The van der Waals surface area contributed by atoms with Crippen LogP contribution in [-0.2, 0) is 11.2 Å². The monoisotopic (exact) mass is 316 g/mol. The first-order valence-electron chi connectivity index (χ1n) is 7.53. The molecule has 0 saturated carbocycles. The SMILES string of the molecule is CC(NCCOc1ccc2c(c1)CCC(=O)N2)c1ccsc1. The number of rotatable bonds is 6. The van der Waals surface area contributed by atoms with E-state index < -0.39 is 0 Å². The second-order valence-corrected chi connectivity index (χ2v) is 6.23. The number of amides is 1. The maximum atomic E-state index is 11.3. The van der Waals surface area contributed by atoms with Gasteiger partial charge in [-0.1, -0.05) is 0 Å². The fourth-order valence-electron chi connectivity index (χ4n) is 2.53. The van der Waals surface area contributed by atoms with E-state index in [1.165, 1.54) is 5.56 Å². The Morgan fingerprint density at radius 1 is 1.36 bits per heavy atom. The number of ether oxygens (including phenoxy) is 1.